The van der Waals surface area contributed by atoms with Crippen LogP contribution in [0.5, 0.6) is 6.01 Å². The number of nitrogens with zero attached hydrogens (tertiary/aromatic N) is 6. The Kier molecular flexibility index (Phi) is 5.92. The van der Waals surface area contributed by atoms with Crippen molar-refractivity contribution in [3.8, 4) is 6.01 Å². The minimum absolute atomic E-state index is 0.0277. The predicted octanol–water partition coefficient (Wildman–Crippen LogP) is 3.18. The molecule has 5 rings (SSSR count). The maximum Gasteiger partial charge on any atom is 0.433 e. The summed E-state index contributed by atoms with van der Waals surface area (Å²) in [6, 6.07) is 6.19. The Hall–Kier alpha value is -3.15. The number of fused-ring (bicyclic) bond motifs is 1. The third-order valence-electron chi connectivity index (χ3n) is 5.90. The number of aromatic nitrogens is 5. The fourth-order valence-corrected chi connectivity index (χ4v) is 4.18. The van der Waals surface area contributed by atoms with Gasteiger partial charge in [0.25, 0.3) is 0 Å². The van der Waals surface area contributed by atoms with Gasteiger partial charge in [0.1, 0.15) is 29.8 Å². The summed E-state index contributed by atoms with van der Waals surface area (Å²) >= 11 is 0. The van der Waals surface area contributed by atoms with Crippen LogP contribution in [0.1, 0.15) is 31.4 Å². The average molecular weight is 463 g/mol. The van der Waals surface area contributed by atoms with Gasteiger partial charge >= 0.3 is 12.2 Å². The minimum atomic E-state index is -4.46. The molecule has 1 saturated heterocycles. The zero-order chi connectivity index (χ0) is 22.8. The molecule has 1 N–H and O–H groups in total. The molecule has 12 heteroatoms. The van der Waals surface area contributed by atoms with Gasteiger partial charge in [-0.25, -0.2) is 9.97 Å². The zero-order valence-corrected chi connectivity index (χ0v) is 17.8. The van der Waals surface area contributed by atoms with Gasteiger partial charge in [0.05, 0.1) is 13.2 Å². The standard InChI is InChI=1S/C21H24F3N7O2/c22-21(23,24)16-2-1-3-17(28-16)27-14-4-6-15(7-5-14)33-20-29-19(30-8-10-32-11-9-30)12-18-25-13-26-31(18)20/h1-3,12-15H,4-11H2,(H,27,28). The largest absolute Gasteiger partial charge is 0.460 e. The Morgan fingerprint density at radius 2 is 1.85 bits per heavy atom. The third kappa shape index (κ3) is 4.95. The Labute approximate surface area is 187 Å². The Morgan fingerprint density at radius 3 is 2.61 bits per heavy atom. The van der Waals surface area contributed by atoms with Gasteiger partial charge in [-0.15, -0.1) is 0 Å². The monoisotopic (exact) mass is 463 g/mol. The first-order chi connectivity index (χ1) is 16.0. The molecule has 0 unspecified atom stereocenters. The number of ether oxygens (including phenoxy) is 2. The molecule has 9 nitrogen and oxygen atoms in total. The average Bonchev–Trinajstić information content (AvgIpc) is 3.30. The zero-order valence-electron chi connectivity index (χ0n) is 17.8. The van der Waals surface area contributed by atoms with Crippen LogP contribution < -0.4 is 15.0 Å². The first-order valence-corrected chi connectivity index (χ1v) is 11.0. The van der Waals surface area contributed by atoms with E-state index in [2.05, 4.69) is 30.3 Å². The van der Waals surface area contributed by atoms with Crippen LogP contribution in [-0.4, -0.2) is 63.0 Å². The van der Waals surface area contributed by atoms with Gasteiger partial charge in [-0.3, -0.25) is 0 Å². The van der Waals surface area contributed by atoms with Crippen molar-refractivity contribution in [1.29, 1.82) is 0 Å². The molecule has 3 aromatic rings. The van der Waals surface area contributed by atoms with Crippen LogP contribution in [0, 0.1) is 0 Å². The summed E-state index contributed by atoms with van der Waals surface area (Å²) < 4.78 is 51.9. The van der Waals surface area contributed by atoms with Crippen LogP contribution in [0.15, 0.2) is 30.6 Å². The Morgan fingerprint density at radius 1 is 1.06 bits per heavy atom. The van der Waals surface area contributed by atoms with Crippen molar-refractivity contribution >= 4 is 17.3 Å². The molecule has 0 spiro atoms. The van der Waals surface area contributed by atoms with Crippen LogP contribution in [0.3, 0.4) is 0 Å². The lowest BCUT2D eigenvalue weighted by atomic mass is 9.93. The third-order valence-corrected chi connectivity index (χ3v) is 5.90. The Balaban J connectivity index is 1.23. The number of anilines is 2. The topological polar surface area (TPSA) is 89.7 Å². The van der Waals surface area contributed by atoms with Crippen LogP contribution in [0.4, 0.5) is 24.8 Å². The van der Waals surface area contributed by atoms with Crippen molar-refractivity contribution in [3.05, 3.63) is 36.3 Å². The quantitative estimate of drug-likeness (QED) is 0.617. The second-order valence-electron chi connectivity index (χ2n) is 8.17. The summed E-state index contributed by atoms with van der Waals surface area (Å²) in [5.41, 5.74) is -0.236. The lowest BCUT2D eigenvalue weighted by molar-refractivity contribution is -0.141. The molecule has 0 amide bonds. The van der Waals surface area contributed by atoms with E-state index in [-0.39, 0.29) is 18.0 Å². The number of hydrogen-bond donors (Lipinski definition) is 1. The van der Waals surface area contributed by atoms with Gasteiger partial charge in [-0.1, -0.05) is 6.07 Å². The van der Waals surface area contributed by atoms with Crippen molar-refractivity contribution in [2.45, 2.75) is 44.0 Å². The van der Waals surface area contributed by atoms with Crippen molar-refractivity contribution in [2.75, 3.05) is 36.5 Å². The molecule has 1 saturated carbocycles. The van der Waals surface area contributed by atoms with Crippen molar-refractivity contribution in [3.63, 3.8) is 0 Å². The lowest BCUT2D eigenvalue weighted by Crippen LogP contribution is -2.37. The van der Waals surface area contributed by atoms with Crippen LogP contribution in [-0.2, 0) is 10.9 Å². The number of halogens is 3. The first kappa shape index (κ1) is 21.7. The summed E-state index contributed by atoms with van der Waals surface area (Å²) in [5, 5.41) is 7.36. The van der Waals surface area contributed by atoms with E-state index < -0.39 is 11.9 Å². The highest BCUT2D eigenvalue weighted by atomic mass is 19.4. The van der Waals surface area contributed by atoms with Gasteiger partial charge in [0.15, 0.2) is 5.65 Å². The van der Waals surface area contributed by atoms with E-state index in [1.807, 2.05) is 6.07 Å². The molecule has 0 radical (unpaired) electrons. The molecule has 0 bridgehead atoms. The number of hydrogen-bond acceptors (Lipinski definition) is 8. The van der Waals surface area contributed by atoms with Crippen molar-refractivity contribution in [2.24, 2.45) is 0 Å². The number of nitrogens with one attached hydrogen (secondary N) is 1. The molecule has 4 heterocycles. The molecule has 0 atom stereocenters. The van der Waals surface area contributed by atoms with Crippen LogP contribution in [0.25, 0.3) is 5.65 Å². The fraction of sp³-hybridized carbons (Fsp3) is 0.524. The van der Waals surface area contributed by atoms with E-state index in [1.54, 1.807) is 10.6 Å². The molecule has 2 fully saturated rings. The predicted molar refractivity (Wildman–Crippen MR) is 113 cm³/mol. The molecule has 2 aliphatic rings. The van der Waals surface area contributed by atoms with Crippen molar-refractivity contribution < 1.29 is 22.6 Å². The SMILES string of the molecule is FC(F)(F)c1cccc(NC2CCC(Oc3nc(N4CCOCC4)cc4ncnn34)CC2)n1. The lowest BCUT2D eigenvalue weighted by Gasteiger charge is -2.30. The highest BCUT2D eigenvalue weighted by Crippen LogP contribution is 2.30. The summed E-state index contributed by atoms with van der Waals surface area (Å²) in [6.45, 7) is 2.79. The summed E-state index contributed by atoms with van der Waals surface area (Å²) in [4.78, 5) is 14.8. The van der Waals surface area contributed by atoms with E-state index in [9.17, 15) is 13.2 Å². The van der Waals surface area contributed by atoms with Gasteiger partial charge in [0.2, 0.25) is 0 Å². The van der Waals surface area contributed by atoms with E-state index in [0.717, 1.165) is 50.7 Å². The van der Waals surface area contributed by atoms with Gasteiger partial charge in [-0.05, 0) is 37.8 Å². The van der Waals surface area contributed by atoms with E-state index >= 15 is 0 Å². The van der Waals surface area contributed by atoms with Crippen molar-refractivity contribution in [1.82, 2.24) is 24.6 Å². The first-order valence-electron chi connectivity index (χ1n) is 11.0. The van der Waals surface area contributed by atoms with Gasteiger partial charge in [0, 0.05) is 25.2 Å². The smallest absolute Gasteiger partial charge is 0.433 e. The number of morpholine rings is 1. The number of pyridine rings is 1. The second-order valence-corrected chi connectivity index (χ2v) is 8.17. The molecule has 176 valence electrons. The summed E-state index contributed by atoms with van der Waals surface area (Å²) in [7, 11) is 0. The van der Waals surface area contributed by atoms with E-state index in [0.29, 0.717) is 24.9 Å². The summed E-state index contributed by atoms with van der Waals surface area (Å²) in [6.07, 6.45) is -0.114. The number of rotatable bonds is 5. The highest BCUT2D eigenvalue weighted by molar-refractivity contribution is 5.52. The minimum Gasteiger partial charge on any atom is -0.460 e. The molecular formula is C21H24F3N7O2. The second kappa shape index (κ2) is 9.00. The van der Waals surface area contributed by atoms with Crippen LogP contribution in [0.2, 0.25) is 0 Å². The number of alkyl halides is 3. The molecule has 0 aromatic carbocycles. The van der Waals surface area contributed by atoms with Crippen LogP contribution >= 0.6 is 0 Å². The van der Waals surface area contributed by atoms with Gasteiger partial charge < -0.3 is 19.7 Å². The Bertz CT molecular complexity index is 1090. The summed E-state index contributed by atoms with van der Waals surface area (Å²) in [5.74, 6) is 1.01. The molecule has 1 aliphatic carbocycles. The van der Waals surface area contributed by atoms with E-state index in [4.69, 9.17) is 9.47 Å². The molecular weight excluding hydrogens is 439 g/mol. The van der Waals surface area contributed by atoms with E-state index in [1.165, 1.54) is 12.4 Å². The highest BCUT2D eigenvalue weighted by Gasteiger charge is 2.33. The maximum absolute atomic E-state index is 12.9. The molecule has 1 aliphatic heterocycles. The van der Waals surface area contributed by atoms with Gasteiger partial charge in [-0.2, -0.15) is 27.8 Å². The maximum atomic E-state index is 12.9. The normalized spacial score (nSPS) is 21.8. The molecule has 33 heavy (non-hydrogen) atoms. The fourth-order valence-electron chi connectivity index (χ4n) is 4.18. The molecule has 3 aromatic heterocycles.